The summed E-state index contributed by atoms with van der Waals surface area (Å²) in [6, 6.07) is 7.39. The molecule has 0 aliphatic rings. The summed E-state index contributed by atoms with van der Waals surface area (Å²) in [5.41, 5.74) is 0. The third-order valence-electron chi connectivity index (χ3n) is 3.23. The maximum atomic E-state index is 12.5. The van der Waals surface area contributed by atoms with Crippen molar-refractivity contribution in [2.75, 3.05) is 7.05 Å². The highest BCUT2D eigenvalue weighted by Gasteiger charge is 2.31. The molecule has 0 bridgehead atoms. The molecule has 0 radical (unpaired) electrons. The Morgan fingerprint density at radius 2 is 1.78 bits per heavy atom. The van der Waals surface area contributed by atoms with E-state index in [4.69, 9.17) is 0 Å². The molecular weight excluding hydrogens is 351 g/mol. The monoisotopic (exact) mass is 365 g/mol. The molecule has 9 heteroatoms. The van der Waals surface area contributed by atoms with Crippen LogP contribution in [0.3, 0.4) is 0 Å². The average Bonchev–Trinajstić information content (AvgIpc) is 2.98. The zero-order valence-corrected chi connectivity index (χ0v) is 13.9. The van der Waals surface area contributed by atoms with Gasteiger partial charge in [-0.3, -0.25) is 0 Å². The molecule has 126 valence electrons. The molecule has 1 unspecified atom stereocenters. The molecule has 0 fully saturated rings. The molecule has 0 aliphatic heterocycles. The van der Waals surface area contributed by atoms with Gasteiger partial charge >= 0.3 is 6.36 Å². The lowest BCUT2D eigenvalue weighted by atomic mass is 10.3. The van der Waals surface area contributed by atoms with E-state index in [0.29, 0.717) is 0 Å². The smallest absolute Gasteiger partial charge is 0.406 e. The second kappa shape index (κ2) is 6.50. The molecule has 4 nitrogen and oxygen atoms in total. The van der Waals surface area contributed by atoms with E-state index in [0.717, 1.165) is 29.1 Å². The summed E-state index contributed by atoms with van der Waals surface area (Å²) in [5, 5.41) is 1.84. The predicted molar refractivity (Wildman–Crippen MR) is 80.8 cm³/mol. The Kier molecular flexibility index (Phi) is 5.02. The van der Waals surface area contributed by atoms with Crippen molar-refractivity contribution in [3.05, 3.63) is 46.7 Å². The molecule has 0 spiro atoms. The van der Waals surface area contributed by atoms with Crippen LogP contribution in [0.2, 0.25) is 0 Å². The Morgan fingerprint density at radius 3 is 2.26 bits per heavy atom. The Bertz CT molecular complexity index is 741. The van der Waals surface area contributed by atoms with Crippen molar-refractivity contribution in [3.63, 3.8) is 0 Å². The summed E-state index contributed by atoms with van der Waals surface area (Å²) in [4.78, 5) is 0.769. The quantitative estimate of drug-likeness (QED) is 0.804. The standard InChI is InChI=1S/C14H14F3NO3S2/c1-10(13-4-3-9-22-13)18(2)23(19,20)12-7-5-11(6-8-12)21-14(15,16)17/h3-10H,1-2H3. The van der Waals surface area contributed by atoms with Crippen LogP contribution >= 0.6 is 11.3 Å². The van der Waals surface area contributed by atoms with Crippen LogP contribution < -0.4 is 4.74 Å². The molecule has 2 aromatic rings. The van der Waals surface area contributed by atoms with Crippen molar-refractivity contribution >= 4 is 21.4 Å². The molecule has 0 N–H and O–H groups in total. The molecule has 0 saturated carbocycles. The Balaban J connectivity index is 2.22. The van der Waals surface area contributed by atoms with Crippen molar-refractivity contribution in [1.82, 2.24) is 4.31 Å². The number of hydrogen-bond donors (Lipinski definition) is 0. The fourth-order valence-electron chi connectivity index (χ4n) is 1.90. The van der Waals surface area contributed by atoms with Crippen molar-refractivity contribution in [2.45, 2.75) is 24.2 Å². The summed E-state index contributed by atoms with van der Waals surface area (Å²) in [7, 11) is -2.39. The van der Waals surface area contributed by atoms with E-state index in [1.807, 2.05) is 17.5 Å². The van der Waals surface area contributed by atoms with Crippen molar-refractivity contribution < 1.29 is 26.3 Å². The van der Waals surface area contributed by atoms with Gasteiger partial charge in [0.25, 0.3) is 0 Å². The lowest BCUT2D eigenvalue weighted by molar-refractivity contribution is -0.274. The summed E-state index contributed by atoms with van der Waals surface area (Å²) in [6.45, 7) is 1.74. The minimum atomic E-state index is -4.81. The number of nitrogens with zero attached hydrogens (tertiary/aromatic N) is 1. The van der Waals surface area contributed by atoms with E-state index in [9.17, 15) is 21.6 Å². The predicted octanol–water partition coefficient (Wildman–Crippen LogP) is 4.03. The topological polar surface area (TPSA) is 46.6 Å². The van der Waals surface area contributed by atoms with E-state index in [1.165, 1.54) is 22.7 Å². The van der Waals surface area contributed by atoms with Gasteiger partial charge in [-0.15, -0.1) is 24.5 Å². The second-order valence-corrected chi connectivity index (χ2v) is 7.71. The SMILES string of the molecule is CC(c1cccs1)N(C)S(=O)(=O)c1ccc(OC(F)(F)F)cc1. The van der Waals surface area contributed by atoms with Gasteiger partial charge in [-0.1, -0.05) is 6.07 Å². The lowest BCUT2D eigenvalue weighted by Crippen LogP contribution is -2.29. The number of hydrogen-bond acceptors (Lipinski definition) is 4. The maximum Gasteiger partial charge on any atom is 0.573 e. The zero-order valence-electron chi connectivity index (χ0n) is 12.2. The van der Waals surface area contributed by atoms with Crippen LogP contribution in [0.15, 0.2) is 46.7 Å². The van der Waals surface area contributed by atoms with Gasteiger partial charge in [0, 0.05) is 11.9 Å². The van der Waals surface area contributed by atoms with E-state index < -0.39 is 22.1 Å². The first-order chi connectivity index (χ1) is 10.6. The molecule has 1 aromatic heterocycles. The largest absolute Gasteiger partial charge is 0.573 e. The number of alkyl halides is 3. The second-order valence-electron chi connectivity index (χ2n) is 4.73. The highest BCUT2D eigenvalue weighted by molar-refractivity contribution is 7.89. The molecule has 0 aliphatic carbocycles. The molecule has 2 rings (SSSR count). The summed E-state index contributed by atoms with van der Waals surface area (Å²) < 4.78 is 66.3. The molecular formula is C14H14F3NO3S2. The lowest BCUT2D eigenvalue weighted by Gasteiger charge is -2.23. The highest BCUT2D eigenvalue weighted by atomic mass is 32.2. The Labute approximate surface area is 136 Å². The number of ether oxygens (including phenoxy) is 1. The first-order valence-corrected chi connectivity index (χ1v) is 8.80. The zero-order chi connectivity index (χ0) is 17.3. The molecule has 1 aromatic carbocycles. The highest BCUT2D eigenvalue weighted by Crippen LogP contribution is 2.30. The van der Waals surface area contributed by atoms with Gasteiger partial charge in [-0.05, 0) is 42.6 Å². The van der Waals surface area contributed by atoms with Gasteiger partial charge < -0.3 is 4.74 Å². The number of sulfonamides is 1. The van der Waals surface area contributed by atoms with Crippen molar-refractivity contribution in [3.8, 4) is 5.75 Å². The van der Waals surface area contributed by atoms with Crippen LogP contribution in [0.5, 0.6) is 5.75 Å². The van der Waals surface area contributed by atoms with Crippen LogP contribution in [-0.2, 0) is 10.0 Å². The number of rotatable bonds is 5. The van der Waals surface area contributed by atoms with Crippen LogP contribution in [-0.4, -0.2) is 26.1 Å². The van der Waals surface area contributed by atoms with Gasteiger partial charge in [-0.2, -0.15) is 4.31 Å². The van der Waals surface area contributed by atoms with Gasteiger partial charge in [-0.25, -0.2) is 8.42 Å². The summed E-state index contributed by atoms with van der Waals surface area (Å²) >= 11 is 1.43. The Hall–Kier alpha value is -1.58. The Morgan fingerprint density at radius 1 is 1.17 bits per heavy atom. The summed E-state index contributed by atoms with van der Waals surface area (Å²) in [6.07, 6.45) is -4.81. The number of benzene rings is 1. The number of thiophene rings is 1. The van der Waals surface area contributed by atoms with Gasteiger partial charge in [0.1, 0.15) is 5.75 Å². The fourth-order valence-corrected chi connectivity index (χ4v) is 4.13. The first-order valence-electron chi connectivity index (χ1n) is 6.48. The summed E-state index contributed by atoms with van der Waals surface area (Å²) in [5.74, 6) is -0.467. The van der Waals surface area contributed by atoms with Crippen LogP contribution in [0.25, 0.3) is 0 Å². The maximum absolute atomic E-state index is 12.5. The van der Waals surface area contributed by atoms with E-state index in [-0.39, 0.29) is 10.9 Å². The minimum absolute atomic E-state index is 0.0991. The van der Waals surface area contributed by atoms with Gasteiger partial charge in [0.05, 0.1) is 10.9 Å². The molecule has 23 heavy (non-hydrogen) atoms. The van der Waals surface area contributed by atoms with Gasteiger partial charge in [0.15, 0.2) is 0 Å². The van der Waals surface area contributed by atoms with Crippen LogP contribution in [0.4, 0.5) is 13.2 Å². The van der Waals surface area contributed by atoms with Crippen molar-refractivity contribution in [1.29, 1.82) is 0 Å². The molecule has 0 amide bonds. The number of halogens is 3. The van der Waals surface area contributed by atoms with Crippen molar-refractivity contribution in [2.24, 2.45) is 0 Å². The molecule has 1 heterocycles. The van der Waals surface area contributed by atoms with E-state index in [1.54, 1.807) is 6.92 Å². The molecule has 1 atom stereocenters. The van der Waals surface area contributed by atoms with E-state index in [2.05, 4.69) is 4.74 Å². The average molecular weight is 365 g/mol. The third kappa shape index (κ3) is 4.24. The van der Waals surface area contributed by atoms with Crippen LogP contribution in [0, 0.1) is 0 Å². The van der Waals surface area contributed by atoms with Crippen LogP contribution in [0.1, 0.15) is 17.8 Å². The normalized spacial score (nSPS) is 14.0. The molecule has 0 saturated heterocycles. The first kappa shape index (κ1) is 17.8. The fraction of sp³-hybridized carbons (Fsp3) is 0.286. The van der Waals surface area contributed by atoms with Gasteiger partial charge in [0.2, 0.25) is 10.0 Å². The third-order valence-corrected chi connectivity index (χ3v) is 6.22. The minimum Gasteiger partial charge on any atom is -0.406 e. The van der Waals surface area contributed by atoms with E-state index >= 15 is 0 Å².